The molecule has 1 aromatic rings. The number of benzene rings is 1. The SMILES string of the molecule is O=C(CC1(O)CCCC1)Nc1cccc(CN2CCCCC2=O)c1. The predicted molar refractivity (Wildman–Crippen MR) is 92.4 cm³/mol. The number of piperidine rings is 1. The van der Waals surface area contributed by atoms with Crippen molar-refractivity contribution in [2.75, 3.05) is 11.9 Å². The van der Waals surface area contributed by atoms with Crippen LogP contribution in [-0.2, 0) is 16.1 Å². The van der Waals surface area contributed by atoms with Crippen LogP contribution in [0.25, 0.3) is 0 Å². The van der Waals surface area contributed by atoms with Crippen LogP contribution in [0.15, 0.2) is 24.3 Å². The number of rotatable bonds is 5. The van der Waals surface area contributed by atoms with E-state index in [0.29, 0.717) is 25.8 Å². The van der Waals surface area contributed by atoms with E-state index in [4.69, 9.17) is 0 Å². The summed E-state index contributed by atoms with van der Waals surface area (Å²) in [6.45, 7) is 1.40. The van der Waals surface area contributed by atoms with Gasteiger partial charge in [0.15, 0.2) is 0 Å². The third-order valence-electron chi connectivity index (χ3n) is 5.03. The number of carbonyl (C=O) groups is 2. The fourth-order valence-corrected chi connectivity index (χ4v) is 3.71. The zero-order valence-corrected chi connectivity index (χ0v) is 14.1. The molecule has 2 N–H and O–H groups in total. The van der Waals surface area contributed by atoms with Gasteiger partial charge in [-0.2, -0.15) is 0 Å². The second-order valence-corrected chi connectivity index (χ2v) is 7.13. The summed E-state index contributed by atoms with van der Waals surface area (Å²) in [6.07, 6.45) is 6.22. The van der Waals surface area contributed by atoms with Gasteiger partial charge in [-0.3, -0.25) is 9.59 Å². The average Bonchev–Trinajstić information content (AvgIpc) is 2.96. The molecule has 5 heteroatoms. The first-order chi connectivity index (χ1) is 11.5. The van der Waals surface area contributed by atoms with Crippen LogP contribution in [0.3, 0.4) is 0 Å². The highest BCUT2D eigenvalue weighted by atomic mass is 16.3. The van der Waals surface area contributed by atoms with Crippen molar-refractivity contribution in [3.05, 3.63) is 29.8 Å². The molecule has 2 fully saturated rings. The van der Waals surface area contributed by atoms with Crippen molar-refractivity contribution in [3.63, 3.8) is 0 Å². The van der Waals surface area contributed by atoms with Crippen LogP contribution in [0.5, 0.6) is 0 Å². The van der Waals surface area contributed by atoms with E-state index in [2.05, 4.69) is 5.32 Å². The lowest BCUT2D eigenvalue weighted by Gasteiger charge is -2.27. The highest BCUT2D eigenvalue weighted by Crippen LogP contribution is 2.32. The Bertz CT molecular complexity index is 608. The van der Waals surface area contributed by atoms with Crippen LogP contribution in [-0.4, -0.2) is 34.0 Å². The first-order valence-electron chi connectivity index (χ1n) is 8.93. The van der Waals surface area contributed by atoms with Crippen LogP contribution in [0, 0.1) is 0 Å². The Balaban J connectivity index is 1.58. The fraction of sp³-hybridized carbons (Fsp3) is 0.579. The van der Waals surface area contributed by atoms with Crippen molar-refractivity contribution < 1.29 is 14.7 Å². The molecule has 1 aliphatic carbocycles. The van der Waals surface area contributed by atoms with Gasteiger partial charge in [0.05, 0.1) is 12.0 Å². The third-order valence-corrected chi connectivity index (χ3v) is 5.03. The molecule has 1 heterocycles. The minimum Gasteiger partial charge on any atom is -0.389 e. The molecule has 2 amide bonds. The smallest absolute Gasteiger partial charge is 0.227 e. The van der Waals surface area contributed by atoms with E-state index in [1.807, 2.05) is 29.2 Å². The molecule has 3 rings (SSSR count). The van der Waals surface area contributed by atoms with Gasteiger partial charge >= 0.3 is 0 Å². The highest BCUT2D eigenvalue weighted by molar-refractivity contribution is 5.91. The molecule has 1 saturated heterocycles. The van der Waals surface area contributed by atoms with Gasteiger partial charge in [0, 0.05) is 25.2 Å². The molecule has 2 aliphatic rings. The topological polar surface area (TPSA) is 69.6 Å². The fourth-order valence-electron chi connectivity index (χ4n) is 3.71. The number of hydrogen-bond donors (Lipinski definition) is 2. The summed E-state index contributed by atoms with van der Waals surface area (Å²) in [7, 11) is 0. The van der Waals surface area contributed by atoms with Crippen LogP contribution in [0.1, 0.15) is 56.9 Å². The van der Waals surface area contributed by atoms with Crippen LogP contribution in [0.2, 0.25) is 0 Å². The van der Waals surface area contributed by atoms with Crippen molar-refractivity contribution in [2.24, 2.45) is 0 Å². The molecule has 0 atom stereocenters. The highest BCUT2D eigenvalue weighted by Gasteiger charge is 2.33. The van der Waals surface area contributed by atoms with Gasteiger partial charge < -0.3 is 15.3 Å². The van der Waals surface area contributed by atoms with E-state index in [1.54, 1.807) is 0 Å². The Labute approximate surface area is 143 Å². The Kier molecular flexibility index (Phi) is 5.19. The number of carbonyl (C=O) groups excluding carboxylic acids is 2. The summed E-state index contributed by atoms with van der Waals surface area (Å²) in [6, 6.07) is 7.63. The molecule has 0 spiro atoms. The van der Waals surface area contributed by atoms with Crippen molar-refractivity contribution in [2.45, 2.75) is 63.5 Å². The normalized spacial score (nSPS) is 20.2. The van der Waals surface area contributed by atoms with E-state index >= 15 is 0 Å². The molecule has 0 radical (unpaired) electrons. The number of anilines is 1. The molecule has 1 saturated carbocycles. The number of nitrogens with zero attached hydrogens (tertiary/aromatic N) is 1. The van der Waals surface area contributed by atoms with Crippen molar-refractivity contribution in [1.82, 2.24) is 4.90 Å². The van der Waals surface area contributed by atoms with Gasteiger partial charge in [-0.1, -0.05) is 25.0 Å². The maximum atomic E-state index is 12.2. The van der Waals surface area contributed by atoms with Crippen LogP contribution >= 0.6 is 0 Å². The molecule has 1 aliphatic heterocycles. The summed E-state index contributed by atoms with van der Waals surface area (Å²) in [5.74, 6) is 0.0599. The summed E-state index contributed by atoms with van der Waals surface area (Å²) < 4.78 is 0. The molecule has 0 aromatic heterocycles. The van der Waals surface area contributed by atoms with E-state index in [9.17, 15) is 14.7 Å². The zero-order valence-electron chi connectivity index (χ0n) is 14.1. The first-order valence-corrected chi connectivity index (χ1v) is 8.93. The minimum absolute atomic E-state index is 0.148. The van der Waals surface area contributed by atoms with Gasteiger partial charge in [0.25, 0.3) is 0 Å². The quantitative estimate of drug-likeness (QED) is 0.872. The molecule has 130 valence electrons. The number of likely N-dealkylation sites (tertiary alicyclic amines) is 1. The first kappa shape index (κ1) is 17.0. The van der Waals surface area contributed by atoms with E-state index in [-0.39, 0.29) is 18.2 Å². The molecular formula is C19H26N2O3. The van der Waals surface area contributed by atoms with E-state index in [1.165, 1.54) is 0 Å². The van der Waals surface area contributed by atoms with Crippen LogP contribution < -0.4 is 5.32 Å². The van der Waals surface area contributed by atoms with Gasteiger partial charge in [-0.15, -0.1) is 0 Å². The Hall–Kier alpha value is -1.88. The Morgan fingerprint density at radius 3 is 2.75 bits per heavy atom. The summed E-state index contributed by atoms with van der Waals surface area (Å²) in [5, 5.41) is 13.2. The van der Waals surface area contributed by atoms with Crippen molar-refractivity contribution in [1.29, 1.82) is 0 Å². The van der Waals surface area contributed by atoms with E-state index in [0.717, 1.165) is 43.5 Å². The third kappa shape index (κ3) is 4.35. The number of nitrogens with one attached hydrogen (secondary N) is 1. The summed E-state index contributed by atoms with van der Waals surface area (Å²) >= 11 is 0. The molecule has 0 bridgehead atoms. The van der Waals surface area contributed by atoms with Crippen molar-refractivity contribution in [3.8, 4) is 0 Å². The standard InChI is InChI=1S/C19H26N2O3/c22-17(13-19(24)9-2-3-10-19)20-16-7-5-6-15(12-16)14-21-11-4-1-8-18(21)23/h5-7,12,24H,1-4,8-11,13-14H2,(H,20,22). The molecule has 0 unspecified atom stereocenters. The monoisotopic (exact) mass is 330 g/mol. The molecular weight excluding hydrogens is 304 g/mol. The van der Waals surface area contributed by atoms with Crippen molar-refractivity contribution >= 4 is 17.5 Å². The Morgan fingerprint density at radius 1 is 1.21 bits per heavy atom. The maximum absolute atomic E-state index is 12.2. The van der Waals surface area contributed by atoms with Gasteiger partial charge in [-0.25, -0.2) is 0 Å². The van der Waals surface area contributed by atoms with Gasteiger partial charge in [0.1, 0.15) is 0 Å². The molecule has 1 aromatic carbocycles. The number of hydrogen-bond acceptors (Lipinski definition) is 3. The number of aliphatic hydroxyl groups is 1. The summed E-state index contributed by atoms with van der Waals surface area (Å²) in [4.78, 5) is 26.0. The second kappa shape index (κ2) is 7.34. The molecule has 5 nitrogen and oxygen atoms in total. The minimum atomic E-state index is -0.831. The summed E-state index contributed by atoms with van der Waals surface area (Å²) in [5.41, 5.74) is 0.910. The number of amides is 2. The van der Waals surface area contributed by atoms with Crippen LogP contribution in [0.4, 0.5) is 5.69 Å². The largest absolute Gasteiger partial charge is 0.389 e. The lowest BCUT2D eigenvalue weighted by Crippen LogP contribution is -2.34. The second-order valence-electron chi connectivity index (χ2n) is 7.13. The lowest BCUT2D eigenvalue weighted by molar-refractivity contribution is -0.133. The predicted octanol–water partition coefficient (Wildman–Crippen LogP) is 2.83. The van der Waals surface area contributed by atoms with Gasteiger partial charge in [0.2, 0.25) is 11.8 Å². The maximum Gasteiger partial charge on any atom is 0.227 e. The average molecular weight is 330 g/mol. The van der Waals surface area contributed by atoms with E-state index < -0.39 is 5.60 Å². The zero-order chi connectivity index (χ0) is 17.0. The Morgan fingerprint density at radius 2 is 2.00 bits per heavy atom. The molecule has 24 heavy (non-hydrogen) atoms. The lowest BCUT2D eigenvalue weighted by atomic mass is 9.97. The van der Waals surface area contributed by atoms with Gasteiger partial charge in [-0.05, 0) is 43.4 Å².